The third kappa shape index (κ3) is 137. The molecule has 0 aliphatic rings. The van der Waals surface area contributed by atoms with Crippen molar-refractivity contribution in [3.63, 3.8) is 0 Å². The van der Waals surface area contributed by atoms with E-state index in [1.807, 2.05) is 0 Å². The molecule has 0 fully saturated rings. The van der Waals surface area contributed by atoms with Gasteiger partial charge in [-0.15, -0.1) is 12.4 Å². The fourth-order valence-corrected chi connectivity index (χ4v) is 0. The van der Waals surface area contributed by atoms with Crippen LogP contribution in [0.15, 0.2) is 0 Å². The van der Waals surface area contributed by atoms with Gasteiger partial charge in [-0.2, -0.15) is 0 Å². The van der Waals surface area contributed by atoms with Crippen LogP contribution >= 0.6 is 28.3 Å². The zero-order valence-corrected chi connectivity index (χ0v) is 5.10. The molecule has 0 rings (SSSR count). The van der Waals surface area contributed by atoms with E-state index in [0.717, 1.165) is 0 Å². The van der Waals surface area contributed by atoms with E-state index in [-0.39, 0.29) is 17.1 Å². The molecule has 0 saturated heterocycles. The average molecular weight is 159 g/mol. The Morgan fingerprint density at radius 3 is 1.80 bits per heavy atom. The Labute approximate surface area is 45.3 Å². The SMILES string of the molecule is CC(=O)Br.Cl. The number of carbonyl (C=O) groups excluding carboxylic acids is 1. The minimum Gasteiger partial charge on any atom is -0.287 e. The summed E-state index contributed by atoms with van der Waals surface area (Å²) in [5.41, 5.74) is 0. The highest BCUT2D eigenvalue weighted by atomic mass is 79.9. The first kappa shape index (κ1) is 9.06. The van der Waals surface area contributed by atoms with Gasteiger partial charge in [0, 0.05) is 6.92 Å². The van der Waals surface area contributed by atoms with Gasteiger partial charge in [0.2, 0.25) is 0 Å². The van der Waals surface area contributed by atoms with Crippen molar-refractivity contribution < 1.29 is 4.79 Å². The van der Waals surface area contributed by atoms with Crippen LogP contribution in [-0.4, -0.2) is 4.69 Å². The number of hydrogen-bond acceptors (Lipinski definition) is 1. The van der Waals surface area contributed by atoms with Gasteiger partial charge in [-0.05, 0) is 15.9 Å². The van der Waals surface area contributed by atoms with E-state index in [2.05, 4.69) is 15.9 Å². The first-order chi connectivity index (χ1) is 1.73. The third-order valence-corrected chi connectivity index (χ3v) is 0. The Balaban J connectivity index is 0. The Kier molecular flexibility index (Phi) is 8.05. The number of rotatable bonds is 0. The summed E-state index contributed by atoms with van der Waals surface area (Å²) in [6.07, 6.45) is 0. The van der Waals surface area contributed by atoms with Gasteiger partial charge in [0.15, 0.2) is 4.69 Å². The van der Waals surface area contributed by atoms with Gasteiger partial charge in [0.25, 0.3) is 0 Å². The van der Waals surface area contributed by atoms with Crippen LogP contribution in [-0.2, 0) is 4.79 Å². The molecule has 0 aliphatic heterocycles. The molecule has 0 aromatic heterocycles. The van der Waals surface area contributed by atoms with E-state index in [0.29, 0.717) is 0 Å². The van der Waals surface area contributed by atoms with E-state index >= 15 is 0 Å². The van der Waals surface area contributed by atoms with E-state index in [9.17, 15) is 4.79 Å². The van der Waals surface area contributed by atoms with E-state index in [4.69, 9.17) is 0 Å². The van der Waals surface area contributed by atoms with Crippen LogP contribution in [0.25, 0.3) is 0 Å². The van der Waals surface area contributed by atoms with Gasteiger partial charge >= 0.3 is 0 Å². The lowest BCUT2D eigenvalue weighted by Gasteiger charge is -1.52. The van der Waals surface area contributed by atoms with Gasteiger partial charge < -0.3 is 0 Å². The van der Waals surface area contributed by atoms with Crippen LogP contribution in [0.1, 0.15) is 6.92 Å². The van der Waals surface area contributed by atoms with Gasteiger partial charge in [0.05, 0.1) is 0 Å². The molecule has 0 aliphatic carbocycles. The van der Waals surface area contributed by atoms with Gasteiger partial charge in [0.1, 0.15) is 0 Å². The summed E-state index contributed by atoms with van der Waals surface area (Å²) in [5.74, 6) is 0. The Morgan fingerprint density at radius 1 is 1.80 bits per heavy atom. The highest BCUT2D eigenvalue weighted by Crippen LogP contribution is 1.74. The molecule has 0 aromatic carbocycles. The van der Waals surface area contributed by atoms with Gasteiger partial charge in [-0.1, -0.05) is 0 Å². The smallest absolute Gasteiger partial charge is 0.194 e. The number of hydrogen-bond donors (Lipinski definition) is 0. The molecule has 0 N–H and O–H groups in total. The van der Waals surface area contributed by atoms with E-state index in [1.165, 1.54) is 6.92 Å². The third-order valence-electron chi connectivity index (χ3n) is 0. The van der Waals surface area contributed by atoms with Crippen molar-refractivity contribution in [1.82, 2.24) is 0 Å². The summed E-state index contributed by atoms with van der Waals surface area (Å²) in [6, 6.07) is 0. The van der Waals surface area contributed by atoms with Crippen LogP contribution < -0.4 is 0 Å². The maximum absolute atomic E-state index is 9.36. The molecule has 0 unspecified atom stereocenters. The topological polar surface area (TPSA) is 17.1 Å². The molecule has 0 heterocycles. The molecule has 1 nitrogen and oxygen atoms in total. The van der Waals surface area contributed by atoms with Crippen LogP contribution in [0, 0.1) is 0 Å². The minimum absolute atomic E-state index is 0. The van der Waals surface area contributed by atoms with Crippen LogP contribution in [0.3, 0.4) is 0 Å². The normalized spacial score (nSPS) is 5.20. The van der Waals surface area contributed by atoms with Crippen molar-refractivity contribution in [1.29, 1.82) is 0 Å². The second-order valence-corrected chi connectivity index (χ2v) is 1.59. The lowest BCUT2D eigenvalue weighted by Crippen LogP contribution is -1.60. The van der Waals surface area contributed by atoms with Crippen molar-refractivity contribution >= 4 is 33.0 Å². The lowest BCUT2D eigenvalue weighted by atomic mass is 11.0. The fraction of sp³-hybridized carbons (Fsp3) is 0.500. The van der Waals surface area contributed by atoms with Crippen LogP contribution in [0.2, 0.25) is 0 Å². The summed E-state index contributed by atoms with van der Waals surface area (Å²) in [5, 5.41) is 0. The second-order valence-electron chi connectivity index (χ2n) is 0.470. The molecule has 0 aromatic rings. The molecular formula is C2H4BrClO. The van der Waals surface area contributed by atoms with E-state index < -0.39 is 0 Å². The molecular weight excluding hydrogens is 155 g/mol. The number of halogens is 2. The minimum atomic E-state index is -0.0208. The van der Waals surface area contributed by atoms with E-state index in [1.54, 1.807) is 0 Å². The summed E-state index contributed by atoms with van der Waals surface area (Å²) in [4.78, 5) is 9.36. The highest BCUT2D eigenvalue weighted by Gasteiger charge is 1.66. The predicted octanol–water partition coefficient (Wildman–Crippen LogP) is 1.35. The molecule has 0 amide bonds. The molecule has 5 heavy (non-hydrogen) atoms. The van der Waals surface area contributed by atoms with Crippen LogP contribution in [0.4, 0.5) is 0 Å². The average Bonchev–Trinajstić information content (AvgIpc) is 0.811. The predicted molar refractivity (Wildman–Crippen MR) is 26.9 cm³/mol. The van der Waals surface area contributed by atoms with Crippen molar-refractivity contribution in [3.05, 3.63) is 0 Å². The van der Waals surface area contributed by atoms with Crippen molar-refractivity contribution in [2.24, 2.45) is 0 Å². The molecule has 0 atom stereocenters. The molecule has 3 heteroatoms. The zero-order chi connectivity index (χ0) is 3.58. The summed E-state index contributed by atoms with van der Waals surface area (Å²) < 4.78 is -0.0208. The molecule has 32 valence electrons. The van der Waals surface area contributed by atoms with Crippen molar-refractivity contribution in [2.45, 2.75) is 6.92 Å². The number of carbonyl (C=O) groups is 1. The van der Waals surface area contributed by atoms with Gasteiger partial charge in [-0.25, -0.2) is 0 Å². The first-order valence-corrected chi connectivity index (χ1v) is 1.69. The zero-order valence-electron chi connectivity index (χ0n) is 2.69. The van der Waals surface area contributed by atoms with Crippen LogP contribution in [0.5, 0.6) is 0 Å². The maximum atomic E-state index is 9.36. The fourth-order valence-electron chi connectivity index (χ4n) is 0. The molecule has 0 bridgehead atoms. The second kappa shape index (κ2) is 4.44. The largest absolute Gasteiger partial charge is 0.287 e. The lowest BCUT2D eigenvalue weighted by molar-refractivity contribution is -0.108. The quantitative estimate of drug-likeness (QED) is 0.488. The Bertz CT molecular complexity index is 32.6. The standard InChI is InChI=1S/C2H3BrO.ClH/c1-2(3)4;/h1H3;1H. The Hall–Kier alpha value is 0.440. The maximum Gasteiger partial charge on any atom is 0.194 e. The highest BCUT2D eigenvalue weighted by molar-refractivity contribution is 9.18. The van der Waals surface area contributed by atoms with Gasteiger partial charge in [-0.3, -0.25) is 4.79 Å². The Morgan fingerprint density at radius 2 is 1.80 bits per heavy atom. The summed E-state index contributed by atoms with van der Waals surface area (Å²) >= 11 is 2.63. The molecule has 0 radical (unpaired) electrons. The first-order valence-electron chi connectivity index (χ1n) is 0.893. The van der Waals surface area contributed by atoms with Crippen molar-refractivity contribution in [3.8, 4) is 0 Å². The summed E-state index contributed by atoms with van der Waals surface area (Å²) in [7, 11) is 0. The monoisotopic (exact) mass is 158 g/mol. The molecule has 0 spiro atoms. The van der Waals surface area contributed by atoms with Crippen molar-refractivity contribution in [2.75, 3.05) is 0 Å². The summed E-state index contributed by atoms with van der Waals surface area (Å²) in [6.45, 7) is 1.44. The molecule has 0 saturated carbocycles.